The van der Waals surface area contributed by atoms with Gasteiger partial charge in [-0.2, -0.15) is 0 Å². The first-order valence-electron chi connectivity index (χ1n) is 8.87. The van der Waals surface area contributed by atoms with E-state index in [0.29, 0.717) is 42.3 Å². The molecule has 1 N–H and O–H groups in total. The predicted octanol–water partition coefficient (Wildman–Crippen LogP) is 3.87. The molecule has 0 bridgehead atoms. The van der Waals surface area contributed by atoms with Crippen molar-refractivity contribution in [1.29, 1.82) is 0 Å². The summed E-state index contributed by atoms with van der Waals surface area (Å²) in [4.78, 5) is 24.1. The number of rotatable bonds is 6. The highest BCUT2D eigenvalue weighted by Crippen LogP contribution is 2.31. The Bertz CT molecular complexity index is 973. The van der Waals surface area contributed by atoms with Crippen LogP contribution in [0.5, 0.6) is 5.75 Å². The second-order valence-electron chi connectivity index (χ2n) is 6.60. The van der Waals surface area contributed by atoms with Crippen molar-refractivity contribution < 1.29 is 19.4 Å². The van der Waals surface area contributed by atoms with Crippen molar-refractivity contribution in [2.45, 2.75) is 25.5 Å². The van der Waals surface area contributed by atoms with Crippen LogP contribution in [-0.2, 0) is 17.9 Å². The lowest BCUT2D eigenvalue weighted by Crippen LogP contribution is -2.10. The first-order chi connectivity index (χ1) is 13.1. The topological polar surface area (TPSA) is 68.5 Å². The van der Waals surface area contributed by atoms with Crippen LogP contribution < -0.4 is 4.74 Å². The highest BCUT2D eigenvalue weighted by molar-refractivity contribution is 6.08. The second kappa shape index (κ2) is 7.11. The van der Waals surface area contributed by atoms with Crippen molar-refractivity contribution in [3.63, 3.8) is 0 Å². The van der Waals surface area contributed by atoms with Gasteiger partial charge in [0.2, 0.25) is 5.78 Å². The average Bonchev–Trinajstić information content (AvgIpc) is 3.29. The maximum absolute atomic E-state index is 12.8. The van der Waals surface area contributed by atoms with Gasteiger partial charge in [-0.1, -0.05) is 30.3 Å². The molecule has 1 aromatic heterocycles. The zero-order chi connectivity index (χ0) is 18.8. The number of benzene rings is 2. The Labute approximate surface area is 156 Å². The average molecular weight is 361 g/mol. The second-order valence-corrected chi connectivity index (χ2v) is 6.60. The third-order valence-electron chi connectivity index (χ3n) is 4.91. The molecule has 2 aromatic carbocycles. The molecule has 27 heavy (non-hydrogen) atoms. The number of aromatic nitrogens is 1. The van der Waals surface area contributed by atoms with Crippen LogP contribution in [-0.4, -0.2) is 21.4 Å². The van der Waals surface area contributed by atoms with Crippen molar-refractivity contribution in [3.8, 4) is 5.75 Å². The number of ketones is 1. The molecule has 4 rings (SSSR count). The molecule has 0 radical (unpaired) electrons. The summed E-state index contributed by atoms with van der Waals surface area (Å²) in [7, 11) is 0. The van der Waals surface area contributed by atoms with Crippen LogP contribution in [0.25, 0.3) is 0 Å². The number of carbonyl (C=O) groups is 2. The Balaban J connectivity index is 1.47. The maximum Gasteiger partial charge on any atom is 0.312 e. The molecule has 0 spiro atoms. The summed E-state index contributed by atoms with van der Waals surface area (Å²) in [5.41, 5.74) is 2.87. The molecule has 1 unspecified atom stereocenters. The lowest BCUT2D eigenvalue weighted by Gasteiger charge is -2.08. The molecule has 1 atom stereocenters. The largest absolute Gasteiger partial charge is 0.489 e. The van der Waals surface area contributed by atoms with Gasteiger partial charge < -0.3 is 14.4 Å². The van der Waals surface area contributed by atoms with Gasteiger partial charge in [0.25, 0.3) is 0 Å². The highest BCUT2D eigenvalue weighted by Gasteiger charge is 2.31. The number of carbonyl (C=O) groups excluding carboxylic acids is 1. The van der Waals surface area contributed by atoms with Gasteiger partial charge in [0.05, 0.1) is 11.6 Å². The van der Waals surface area contributed by atoms with Crippen LogP contribution in [0.15, 0.2) is 66.7 Å². The molecule has 1 aliphatic rings. The number of carboxylic acids is 1. The van der Waals surface area contributed by atoms with Crippen LogP contribution in [0.4, 0.5) is 0 Å². The summed E-state index contributed by atoms with van der Waals surface area (Å²) < 4.78 is 7.57. The van der Waals surface area contributed by atoms with E-state index in [1.165, 1.54) is 0 Å². The van der Waals surface area contributed by atoms with E-state index in [0.717, 1.165) is 5.56 Å². The number of hydrogen-bond acceptors (Lipinski definition) is 3. The van der Waals surface area contributed by atoms with Gasteiger partial charge in [0.1, 0.15) is 12.4 Å². The molecule has 136 valence electrons. The van der Waals surface area contributed by atoms with Crippen molar-refractivity contribution >= 4 is 11.8 Å². The quantitative estimate of drug-likeness (QED) is 0.677. The third-order valence-corrected chi connectivity index (χ3v) is 4.91. The van der Waals surface area contributed by atoms with E-state index in [1.807, 2.05) is 34.9 Å². The van der Waals surface area contributed by atoms with Crippen LogP contribution >= 0.6 is 0 Å². The molecule has 5 nitrogen and oxygen atoms in total. The van der Waals surface area contributed by atoms with Crippen LogP contribution in [0, 0.1) is 0 Å². The maximum atomic E-state index is 12.8. The molecule has 0 aliphatic carbocycles. The first kappa shape index (κ1) is 17.1. The number of carboxylic acid groups (broad SMARTS) is 1. The molecular formula is C22H19NO4. The van der Waals surface area contributed by atoms with Crippen LogP contribution in [0.3, 0.4) is 0 Å². The minimum atomic E-state index is -0.842. The number of fused-ring (bicyclic) bond motifs is 1. The summed E-state index contributed by atoms with van der Waals surface area (Å²) in [6.45, 7) is 1.02. The van der Waals surface area contributed by atoms with E-state index in [2.05, 4.69) is 0 Å². The van der Waals surface area contributed by atoms with Gasteiger partial charge in [-0.3, -0.25) is 9.59 Å². The molecule has 3 aromatic rings. The van der Waals surface area contributed by atoms with E-state index >= 15 is 0 Å². The van der Waals surface area contributed by atoms with Crippen LogP contribution in [0.1, 0.15) is 39.6 Å². The van der Waals surface area contributed by atoms with Crippen molar-refractivity contribution in [1.82, 2.24) is 4.57 Å². The SMILES string of the molecule is O=C(c1ccc(OCc2ccccc2)cc1)c1ccc2n1CCC2C(=O)O. The molecule has 2 heterocycles. The molecule has 0 fully saturated rings. The summed E-state index contributed by atoms with van der Waals surface area (Å²) in [6.07, 6.45) is 0.526. The Morgan fingerprint density at radius 1 is 1.00 bits per heavy atom. The minimum Gasteiger partial charge on any atom is -0.489 e. The number of aliphatic carboxylic acids is 1. The highest BCUT2D eigenvalue weighted by atomic mass is 16.5. The third kappa shape index (κ3) is 3.36. The van der Waals surface area contributed by atoms with Crippen molar-refractivity contribution in [2.24, 2.45) is 0 Å². The lowest BCUT2D eigenvalue weighted by molar-refractivity contribution is -0.138. The van der Waals surface area contributed by atoms with Crippen LogP contribution in [0.2, 0.25) is 0 Å². The fraction of sp³-hybridized carbons (Fsp3) is 0.182. The standard InChI is InChI=1S/C22H19NO4/c24-21(20-11-10-19-18(22(25)26)12-13-23(19)20)16-6-8-17(9-7-16)27-14-15-4-2-1-3-5-15/h1-11,18H,12-14H2,(H,25,26). The monoisotopic (exact) mass is 361 g/mol. The first-order valence-corrected chi connectivity index (χ1v) is 8.87. The van der Waals surface area contributed by atoms with Crippen molar-refractivity contribution in [3.05, 3.63) is 89.2 Å². The van der Waals surface area contributed by atoms with Crippen molar-refractivity contribution in [2.75, 3.05) is 0 Å². The molecule has 0 saturated carbocycles. The predicted molar refractivity (Wildman–Crippen MR) is 100 cm³/mol. The minimum absolute atomic E-state index is 0.109. The summed E-state index contributed by atoms with van der Waals surface area (Å²) in [6, 6.07) is 20.4. The number of ether oxygens (including phenoxy) is 1. The summed E-state index contributed by atoms with van der Waals surface area (Å²) >= 11 is 0. The summed E-state index contributed by atoms with van der Waals surface area (Å²) in [5.74, 6) is -0.783. The Kier molecular flexibility index (Phi) is 4.50. The van der Waals surface area contributed by atoms with Gasteiger partial charge >= 0.3 is 5.97 Å². The smallest absolute Gasteiger partial charge is 0.312 e. The van der Waals surface area contributed by atoms with Gasteiger partial charge in [-0.05, 0) is 48.4 Å². The molecule has 0 amide bonds. The van der Waals surface area contributed by atoms with E-state index in [9.17, 15) is 14.7 Å². The van der Waals surface area contributed by atoms with E-state index in [-0.39, 0.29) is 5.78 Å². The summed E-state index contributed by atoms with van der Waals surface area (Å²) in [5, 5.41) is 9.28. The Hall–Kier alpha value is -3.34. The van der Waals surface area contributed by atoms with Gasteiger partial charge in [0.15, 0.2) is 0 Å². The fourth-order valence-corrected chi connectivity index (χ4v) is 3.48. The Morgan fingerprint density at radius 2 is 1.74 bits per heavy atom. The zero-order valence-electron chi connectivity index (χ0n) is 14.7. The van der Waals surface area contributed by atoms with Gasteiger partial charge in [-0.25, -0.2) is 0 Å². The zero-order valence-corrected chi connectivity index (χ0v) is 14.7. The molecule has 1 aliphatic heterocycles. The fourth-order valence-electron chi connectivity index (χ4n) is 3.48. The van der Waals surface area contributed by atoms with E-state index in [4.69, 9.17) is 4.74 Å². The number of hydrogen-bond donors (Lipinski definition) is 1. The molecule has 0 saturated heterocycles. The Morgan fingerprint density at radius 3 is 2.44 bits per heavy atom. The normalized spacial score (nSPS) is 15.3. The van der Waals surface area contributed by atoms with Gasteiger partial charge in [-0.15, -0.1) is 0 Å². The van der Waals surface area contributed by atoms with E-state index < -0.39 is 11.9 Å². The molecule has 5 heteroatoms. The molecular weight excluding hydrogens is 342 g/mol. The number of nitrogens with zero attached hydrogens (tertiary/aromatic N) is 1. The van der Waals surface area contributed by atoms with Gasteiger partial charge in [0, 0.05) is 17.8 Å². The lowest BCUT2D eigenvalue weighted by atomic mass is 10.1. The van der Waals surface area contributed by atoms with E-state index in [1.54, 1.807) is 36.4 Å².